The second kappa shape index (κ2) is 5.76. The molecule has 0 radical (unpaired) electrons. The minimum Gasteiger partial charge on any atom is -0.450 e. The molecular formula is C11H13N5O2. The van der Waals surface area contributed by atoms with Crippen molar-refractivity contribution in [3.05, 3.63) is 36.2 Å². The van der Waals surface area contributed by atoms with Crippen molar-refractivity contribution in [2.75, 3.05) is 6.61 Å². The molecule has 0 aliphatic carbocycles. The molecule has 0 bridgehead atoms. The molecule has 7 nitrogen and oxygen atoms in total. The first-order valence-electron chi connectivity index (χ1n) is 5.54. The van der Waals surface area contributed by atoms with Gasteiger partial charge in [0.2, 0.25) is 0 Å². The Kier molecular flexibility index (Phi) is 3.85. The largest absolute Gasteiger partial charge is 0.450 e. The van der Waals surface area contributed by atoms with Crippen LogP contribution in [0.3, 0.4) is 0 Å². The lowest BCUT2D eigenvalue weighted by Crippen LogP contribution is -2.25. The van der Waals surface area contributed by atoms with Gasteiger partial charge in [-0.25, -0.2) is 4.79 Å². The van der Waals surface area contributed by atoms with Gasteiger partial charge < -0.3 is 10.1 Å². The van der Waals surface area contributed by atoms with Crippen LogP contribution in [0.15, 0.2) is 30.3 Å². The lowest BCUT2D eigenvalue weighted by molar-refractivity contribution is 0.151. The van der Waals surface area contributed by atoms with Crippen LogP contribution in [0.1, 0.15) is 12.7 Å². The van der Waals surface area contributed by atoms with Crippen LogP contribution < -0.4 is 5.32 Å². The van der Waals surface area contributed by atoms with Gasteiger partial charge in [-0.05, 0) is 29.5 Å². The number of carbonyl (C=O) groups excluding carboxylic acids is 1. The Morgan fingerprint density at radius 1 is 1.39 bits per heavy atom. The van der Waals surface area contributed by atoms with Crippen LogP contribution in [0, 0.1) is 0 Å². The number of amides is 1. The number of alkyl carbamates (subject to hydrolysis) is 1. The first-order chi connectivity index (χ1) is 8.81. The highest BCUT2D eigenvalue weighted by molar-refractivity contribution is 5.66. The lowest BCUT2D eigenvalue weighted by atomic mass is 10.3. The van der Waals surface area contributed by atoms with Crippen molar-refractivity contribution in [1.82, 2.24) is 25.5 Å². The Bertz CT molecular complexity index is 511. The molecule has 0 spiro atoms. The summed E-state index contributed by atoms with van der Waals surface area (Å²) in [6.07, 6.45) is -0.486. The molecule has 1 amide bonds. The molecule has 1 aromatic carbocycles. The van der Waals surface area contributed by atoms with Crippen molar-refractivity contribution < 1.29 is 9.53 Å². The fourth-order valence-corrected chi connectivity index (χ4v) is 1.42. The molecule has 18 heavy (non-hydrogen) atoms. The predicted molar refractivity (Wildman–Crippen MR) is 63.0 cm³/mol. The molecule has 1 N–H and O–H groups in total. The van der Waals surface area contributed by atoms with Gasteiger partial charge in [-0.3, -0.25) is 0 Å². The van der Waals surface area contributed by atoms with E-state index in [0.717, 1.165) is 5.69 Å². The average Bonchev–Trinajstić information content (AvgIpc) is 2.86. The van der Waals surface area contributed by atoms with E-state index in [-0.39, 0.29) is 6.54 Å². The fourth-order valence-electron chi connectivity index (χ4n) is 1.42. The third-order valence-corrected chi connectivity index (χ3v) is 2.20. The van der Waals surface area contributed by atoms with E-state index in [1.807, 2.05) is 30.3 Å². The number of rotatable bonds is 4. The smallest absolute Gasteiger partial charge is 0.407 e. The number of nitrogens with one attached hydrogen (secondary N) is 1. The number of nitrogens with zero attached hydrogens (tertiary/aromatic N) is 4. The highest BCUT2D eigenvalue weighted by Crippen LogP contribution is 2.06. The summed E-state index contributed by atoms with van der Waals surface area (Å²) in [6.45, 7) is 2.28. The zero-order valence-electron chi connectivity index (χ0n) is 9.91. The first-order valence-corrected chi connectivity index (χ1v) is 5.54. The molecule has 1 aromatic heterocycles. The summed E-state index contributed by atoms with van der Waals surface area (Å²) in [4.78, 5) is 11.2. The summed E-state index contributed by atoms with van der Waals surface area (Å²) < 4.78 is 6.32. The quantitative estimate of drug-likeness (QED) is 0.868. The highest BCUT2D eigenvalue weighted by atomic mass is 16.5. The normalized spacial score (nSPS) is 10.1. The molecule has 7 heteroatoms. The molecule has 94 valence electrons. The van der Waals surface area contributed by atoms with Crippen molar-refractivity contribution in [1.29, 1.82) is 0 Å². The van der Waals surface area contributed by atoms with Crippen LogP contribution in [0.2, 0.25) is 0 Å². The maximum atomic E-state index is 11.2. The third-order valence-electron chi connectivity index (χ3n) is 2.20. The summed E-state index contributed by atoms with van der Waals surface area (Å²) in [7, 11) is 0. The summed E-state index contributed by atoms with van der Waals surface area (Å²) in [6, 6.07) is 9.44. The third kappa shape index (κ3) is 2.82. The van der Waals surface area contributed by atoms with E-state index < -0.39 is 6.09 Å². The Balaban J connectivity index is 2.07. The molecule has 0 aliphatic rings. The molecule has 0 fully saturated rings. The van der Waals surface area contributed by atoms with Crippen LogP contribution in [-0.4, -0.2) is 32.9 Å². The molecule has 0 saturated heterocycles. The zero-order chi connectivity index (χ0) is 12.8. The monoisotopic (exact) mass is 247 g/mol. The van der Waals surface area contributed by atoms with Gasteiger partial charge in [0.25, 0.3) is 0 Å². The number of hydrogen-bond acceptors (Lipinski definition) is 5. The van der Waals surface area contributed by atoms with E-state index in [1.54, 1.807) is 11.6 Å². The molecule has 0 atom stereocenters. The number of tetrazole rings is 1. The van der Waals surface area contributed by atoms with Gasteiger partial charge in [0, 0.05) is 0 Å². The summed E-state index contributed by atoms with van der Waals surface area (Å²) >= 11 is 0. The van der Waals surface area contributed by atoms with Crippen molar-refractivity contribution in [3.63, 3.8) is 0 Å². The van der Waals surface area contributed by atoms with Crippen LogP contribution in [0.25, 0.3) is 5.69 Å². The molecule has 1 heterocycles. The minimum absolute atomic E-state index is 0.209. The van der Waals surface area contributed by atoms with Gasteiger partial charge in [-0.1, -0.05) is 18.2 Å². The molecular weight excluding hydrogens is 234 g/mol. The van der Waals surface area contributed by atoms with E-state index in [9.17, 15) is 4.79 Å². The van der Waals surface area contributed by atoms with Gasteiger partial charge in [0.05, 0.1) is 18.8 Å². The van der Waals surface area contributed by atoms with Crippen LogP contribution in [0.5, 0.6) is 0 Å². The van der Waals surface area contributed by atoms with Crippen LogP contribution in [0.4, 0.5) is 4.79 Å². The standard InChI is InChI=1S/C11H13N5O2/c1-2-18-11(17)12-8-10-13-14-15-16(10)9-6-4-3-5-7-9/h3-7H,2,8H2,1H3,(H,12,17). The highest BCUT2D eigenvalue weighted by Gasteiger charge is 2.09. The predicted octanol–water partition coefficient (Wildman–Crippen LogP) is 0.908. The van der Waals surface area contributed by atoms with E-state index in [1.165, 1.54) is 0 Å². The van der Waals surface area contributed by atoms with E-state index in [2.05, 4.69) is 20.8 Å². The second-order valence-electron chi connectivity index (χ2n) is 3.42. The molecule has 0 saturated carbocycles. The van der Waals surface area contributed by atoms with Gasteiger partial charge in [-0.2, -0.15) is 4.68 Å². The maximum Gasteiger partial charge on any atom is 0.407 e. The van der Waals surface area contributed by atoms with Gasteiger partial charge >= 0.3 is 6.09 Å². The topological polar surface area (TPSA) is 81.9 Å². The fraction of sp³-hybridized carbons (Fsp3) is 0.273. The minimum atomic E-state index is -0.486. The Morgan fingerprint density at radius 3 is 2.89 bits per heavy atom. The lowest BCUT2D eigenvalue weighted by Gasteiger charge is -2.05. The van der Waals surface area contributed by atoms with Crippen molar-refractivity contribution in [2.24, 2.45) is 0 Å². The Labute approximate surface area is 104 Å². The van der Waals surface area contributed by atoms with Gasteiger partial charge in [-0.15, -0.1) is 5.10 Å². The SMILES string of the molecule is CCOC(=O)NCc1nnnn1-c1ccccc1. The number of ether oxygens (including phenoxy) is 1. The number of carbonyl (C=O) groups is 1. The molecule has 0 unspecified atom stereocenters. The van der Waals surface area contributed by atoms with E-state index >= 15 is 0 Å². The summed E-state index contributed by atoms with van der Waals surface area (Å²) in [5, 5.41) is 13.9. The molecule has 2 aromatic rings. The van der Waals surface area contributed by atoms with Crippen molar-refractivity contribution >= 4 is 6.09 Å². The van der Waals surface area contributed by atoms with Gasteiger partial charge in [0.15, 0.2) is 5.82 Å². The van der Waals surface area contributed by atoms with Crippen molar-refractivity contribution in [3.8, 4) is 5.69 Å². The van der Waals surface area contributed by atoms with E-state index in [0.29, 0.717) is 12.4 Å². The van der Waals surface area contributed by atoms with Gasteiger partial charge in [0.1, 0.15) is 0 Å². The second-order valence-corrected chi connectivity index (χ2v) is 3.42. The number of benzene rings is 1. The number of aromatic nitrogens is 4. The molecule has 2 rings (SSSR count). The zero-order valence-corrected chi connectivity index (χ0v) is 9.91. The molecule has 0 aliphatic heterocycles. The maximum absolute atomic E-state index is 11.2. The van der Waals surface area contributed by atoms with Crippen molar-refractivity contribution in [2.45, 2.75) is 13.5 Å². The van der Waals surface area contributed by atoms with E-state index in [4.69, 9.17) is 4.74 Å². The average molecular weight is 247 g/mol. The Hall–Kier alpha value is -2.44. The number of para-hydroxylation sites is 1. The van der Waals surface area contributed by atoms with Crippen LogP contribution >= 0.6 is 0 Å². The summed E-state index contributed by atoms with van der Waals surface area (Å²) in [5.41, 5.74) is 0.836. The van der Waals surface area contributed by atoms with Crippen LogP contribution in [-0.2, 0) is 11.3 Å². The Morgan fingerprint density at radius 2 is 2.17 bits per heavy atom. The number of hydrogen-bond donors (Lipinski definition) is 1. The summed E-state index contributed by atoms with van der Waals surface area (Å²) in [5.74, 6) is 0.536. The first kappa shape index (κ1) is 12.0.